The van der Waals surface area contributed by atoms with Crippen LogP contribution in [0.5, 0.6) is 0 Å². The molecule has 0 fully saturated rings. The van der Waals surface area contributed by atoms with Crippen molar-refractivity contribution in [1.82, 2.24) is 5.32 Å². The lowest BCUT2D eigenvalue weighted by Crippen LogP contribution is -2.30. The molecule has 1 rings (SSSR count). The van der Waals surface area contributed by atoms with E-state index < -0.39 is 0 Å². The van der Waals surface area contributed by atoms with E-state index in [1.54, 1.807) is 0 Å². The number of benzene rings is 1. The number of anilines is 1. The number of carbonyl (C=O) groups is 1. The van der Waals surface area contributed by atoms with Crippen LogP contribution in [-0.2, 0) is 11.2 Å². The minimum atomic E-state index is 0. The molecule has 0 saturated carbocycles. The van der Waals surface area contributed by atoms with Crippen LogP contribution in [-0.4, -0.2) is 12.5 Å². The van der Waals surface area contributed by atoms with E-state index in [0.29, 0.717) is 12.3 Å². The van der Waals surface area contributed by atoms with Gasteiger partial charge in [-0.15, -0.1) is 12.4 Å². The minimum Gasteiger partial charge on any atom is -0.399 e. The van der Waals surface area contributed by atoms with Gasteiger partial charge in [0, 0.05) is 12.2 Å². The quantitative estimate of drug-likeness (QED) is 0.678. The van der Waals surface area contributed by atoms with Crippen molar-refractivity contribution in [2.45, 2.75) is 52.4 Å². The Bertz CT molecular complexity index is 392. The molecule has 0 heterocycles. The molecule has 0 aliphatic heterocycles. The van der Waals surface area contributed by atoms with Crippen LogP contribution in [0, 0.1) is 5.92 Å². The first kappa shape index (κ1) is 19.8. The van der Waals surface area contributed by atoms with Gasteiger partial charge in [-0.2, -0.15) is 0 Å². The summed E-state index contributed by atoms with van der Waals surface area (Å²) in [5.74, 6) is 0.725. The van der Waals surface area contributed by atoms with Gasteiger partial charge in [-0.1, -0.05) is 45.2 Å². The van der Waals surface area contributed by atoms with Gasteiger partial charge < -0.3 is 11.1 Å². The van der Waals surface area contributed by atoms with Crippen LogP contribution in [0.4, 0.5) is 5.69 Å². The first-order valence-corrected chi connectivity index (χ1v) is 7.76. The van der Waals surface area contributed by atoms with Crippen LogP contribution in [0.1, 0.15) is 51.5 Å². The number of unbranched alkanes of at least 4 members (excludes halogenated alkanes) is 1. The Morgan fingerprint density at radius 3 is 2.38 bits per heavy atom. The van der Waals surface area contributed by atoms with Gasteiger partial charge in [0.2, 0.25) is 5.91 Å². The first-order chi connectivity index (χ1) is 9.65. The fourth-order valence-electron chi connectivity index (χ4n) is 2.39. The molecular weight excluding hydrogens is 284 g/mol. The van der Waals surface area contributed by atoms with Gasteiger partial charge >= 0.3 is 0 Å². The summed E-state index contributed by atoms with van der Waals surface area (Å²) in [6.45, 7) is 5.22. The maximum atomic E-state index is 11.9. The van der Waals surface area contributed by atoms with E-state index in [-0.39, 0.29) is 18.3 Å². The van der Waals surface area contributed by atoms with Gasteiger partial charge in [0.1, 0.15) is 0 Å². The molecular formula is C17H29ClN2O. The molecule has 4 heteroatoms. The highest BCUT2D eigenvalue weighted by Crippen LogP contribution is 2.14. The molecule has 1 unspecified atom stereocenters. The summed E-state index contributed by atoms with van der Waals surface area (Å²) in [6.07, 6.45) is 6.50. The molecule has 0 aromatic heterocycles. The van der Waals surface area contributed by atoms with Crippen molar-refractivity contribution in [3.05, 3.63) is 29.8 Å². The summed E-state index contributed by atoms with van der Waals surface area (Å²) < 4.78 is 0. The van der Waals surface area contributed by atoms with Gasteiger partial charge in [0.15, 0.2) is 0 Å². The molecule has 120 valence electrons. The van der Waals surface area contributed by atoms with E-state index in [0.717, 1.165) is 17.8 Å². The Hall–Kier alpha value is -1.22. The third-order valence-electron chi connectivity index (χ3n) is 3.60. The van der Waals surface area contributed by atoms with Gasteiger partial charge in [0.05, 0.1) is 6.42 Å². The third kappa shape index (κ3) is 8.61. The van der Waals surface area contributed by atoms with Gasteiger partial charge in [-0.25, -0.2) is 0 Å². The minimum absolute atomic E-state index is 0. The number of amides is 1. The molecule has 1 amide bonds. The van der Waals surface area contributed by atoms with E-state index in [9.17, 15) is 4.79 Å². The zero-order valence-corrected chi connectivity index (χ0v) is 14.0. The van der Waals surface area contributed by atoms with Crippen LogP contribution in [0.15, 0.2) is 24.3 Å². The summed E-state index contributed by atoms with van der Waals surface area (Å²) >= 11 is 0. The second-order valence-electron chi connectivity index (χ2n) is 5.52. The number of nitrogens with one attached hydrogen (secondary N) is 1. The Kier molecular flexibility index (Phi) is 10.8. The average molecular weight is 313 g/mol. The number of hydrogen-bond acceptors (Lipinski definition) is 2. The predicted molar refractivity (Wildman–Crippen MR) is 92.7 cm³/mol. The molecule has 3 N–H and O–H groups in total. The van der Waals surface area contributed by atoms with E-state index >= 15 is 0 Å². The van der Waals surface area contributed by atoms with Crippen molar-refractivity contribution in [1.29, 1.82) is 0 Å². The zero-order chi connectivity index (χ0) is 14.8. The highest BCUT2D eigenvalue weighted by Gasteiger charge is 2.09. The van der Waals surface area contributed by atoms with Crippen molar-refractivity contribution in [2.24, 2.45) is 5.92 Å². The maximum Gasteiger partial charge on any atom is 0.224 e. The molecule has 0 spiro atoms. The zero-order valence-electron chi connectivity index (χ0n) is 13.2. The lowest BCUT2D eigenvalue weighted by molar-refractivity contribution is -0.120. The van der Waals surface area contributed by atoms with Crippen molar-refractivity contribution in [3.8, 4) is 0 Å². The topological polar surface area (TPSA) is 55.1 Å². The molecule has 3 nitrogen and oxygen atoms in total. The Labute approximate surface area is 135 Å². The fraction of sp³-hybridized carbons (Fsp3) is 0.588. The Balaban J connectivity index is 0.00000400. The number of nitrogens with two attached hydrogens (primary N) is 1. The van der Waals surface area contributed by atoms with E-state index in [1.807, 2.05) is 24.3 Å². The van der Waals surface area contributed by atoms with Crippen LogP contribution >= 0.6 is 12.4 Å². The highest BCUT2D eigenvalue weighted by molar-refractivity contribution is 5.85. The number of nitrogen functional groups attached to an aromatic ring is 1. The molecule has 1 aromatic carbocycles. The molecule has 0 saturated heterocycles. The largest absolute Gasteiger partial charge is 0.399 e. The lowest BCUT2D eigenvalue weighted by Gasteiger charge is -2.16. The summed E-state index contributed by atoms with van der Waals surface area (Å²) in [4.78, 5) is 11.9. The van der Waals surface area contributed by atoms with Crippen LogP contribution in [0.25, 0.3) is 0 Å². The van der Waals surface area contributed by atoms with Crippen LogP contribution < -0.4 is 11.1 Å². The first-order valence-electron chi connectivity index (χ1n) is 7.76. The number of carbonyl (C=O) groups excluding carboxylic acids is 1. The summed E-state index contributed by atoms with van der Waals surface area (Å²) in [5, 5.41) is 3.07. The summed E-state index contributed by atoms with van der Waals surface area (Å²) in [6, 6.07) is 7.50. The highest BCUT2D eigenvalue weighted by atomic mass is 35.5. The number of halogens is 1. The van der Waals surface area contributed by atoms with Crippen molar-refractivity contribution in [2.75, 3.05) is 12.3 Å². The molecule has 1 atom stereocenters. The van der Waals surface area contributed by atoms with E-state index in [1.165, 1.54) is 32.1 Å². The van der Waals surface area contributed by atoms with Gasteiger partial charge in [-0.05, 0) is 36.5 Å². The summed E-state index contributed by atoms with van der Waals surface area (Å²) in [5.41, 5.74) is 7.38. The Morgan fingerprint density at radius 2 is 1.81 bits per heavy atom. The smallest absolute Gasteiger partial charge is 0.224 e. The second kappa shape index (κ2) is 11.4. The number of rotatable bonds is 9. The third-order valence-corrected chi connectivity index (χ3v) is 3.60. The normalized spacial score (nSPS) is 11.5. The second-order valence-corrected chi connectivity index (χ2v) is 5.52. The molecule has 0 aliphatic carbocycles. The van der Waals surface area contributed by atoms with Crippen molar-refractivity contribution >= 4 is 24.0 Å². The molecule has 0 bridgehead atoms. The van der Waals surface area contributed by atoms with E-state index in [4.69, 9.17) is 5.73 Å². The molecule has 0 aliphatic rings. The standard InChI is InChI=1S/C17H28N2O.ClH/c1-3-5-7-15(6-4-2)13-19-17(20)12-14-8-10-16(18)11-9-14;/h8-11,15H,3-7,12-13,18H2,1-2H3,(H,19,20);1H. The van der Waals surface area contributed by atoms with Gasteiger partial charge in [0.25, 0.3) is 0 Å². The maximum absolute atomic E-state index is 11.9. The molecule has 0 radical (unpaired) electrons. The van der Waals surface area contributed by atoms with Crippen LogP contribution in [0.2, 0.25) is 0 Å². The summed E-state index contributed by atoms with van der Waals surface area (Å²) in [7, 11) is 0. The fourth-order valence-corrected chi connectivity index (χ4v) is 2.39. The van der Waals surface area contributed by atoms with Gasteiger partial charge in [-0.3, -0.25) is 4.79 Å². The molecule has 21 heavy (non-hydrogen) atoms. The number of hydrogen-bond donors (Lipinski definition) is 2. The average Bonchev–Trinajstić information content (AvgIpc) is 2.44. The SMILES string of the molecule is CCCCC(CCC)CNC(=O)Cc1ccc(N)cc1.Cl. The van der Waals surface area contributed by atoms with Crippen molar-refractivity contribution in [3.63, 3.8) is 0 Å². The van der Waals surface area contributed by atoms with Crippen molar-refractivity contribution < 1.29 is 4.79 Å². The van der Waals surface area contributed by atoms with E-state index in [2.05, 4.69) is 19.2 Å². The van der Waals surface area contributed by atoms with Crippen LogP contribution in [0.3, 0.4) is 0 Å². The Morgan fingerprint density at radius 1 is 1.14 bits per heavy atom. The lowest BCUT2D eigenvalue weighted by atomic mass is 9.97. The monoisotopic (exact) mass is 312 g/mol. The molecule has 1 aromatic rings. The predicted octanol–water partition coefficient (Wildman–Crippen LogP) is 3.96.